The summed E-state index contributed by atoms with van der Waals surface area (Å²) in [6.45, 7) is 1.30. The summed E-state index contributed by atoms with van der Waals surface area (Å²) in [5.74, 6) is -0.467. The van der Waals surface area contributed by atoms with Gasteiger partial charge in [-0.2, -0.15) is 13.2 Å². The maximum absolute atomic E-state index is 12.9. The summed E-state index contributed by atoms with van der Waals surface area (Å²) in [7, 11) is 1.33. The number of rotatable bonds is 4. The van der Waals surface area contributed by atoms with Gasteiger partial charge in [0.25, 0.3) is 0 Å². The van der Waals surface area contributed by atoms with Crippen molar-refractivity contribution in [2.24, 2.45) is 5.73 Å². The first kappa shape index (κ1) is 14.9. The molecule has 2 nitrogen and oxygen atoms in total. The Morgan fingerprint density at radius 3 is 2.39 bits per heavy atom. The van der Waals surface area contributed by atoms with Crippen molar-refractivity contribution in [1.29, 1.82) is 0 Å². The Morgan fingerprint density at radius 1 is 1.33 bits per heavy atom. The zero-order valence-corrected chi connectivity index (χ0v) is 10.2. The van der Waals surface area contributed by atoms with Crippen molar-refractivity contribution >= 4 is 0 Å². The predicted octanol–water partition coefficient (Wildman–Crippen LogP) is 2.54. The number of likely N-dealkylation sites (N-methyl/N-ethyl adjacent to an activating group) is 1. The maximum atomic E-state index is 12.9. The van der Waals surface area contributed by atoms with Crippen molar-refractivity contribution in [1.82, 2.24) is 4.90 Å². The van der Waals surface area contributed by atoms with E-state index < -0.39 is 24.1 Å². The average molecular weight is 264 g/mol. The van der Waals surface area contributed by atoms with Crippen LogP contribution in [0.5, 0.6) is 0 Å². The molecule has 1 aromatic rings. The monoisotopic (exact) mass is 264 g/mol. The molecule has 0 aromatic heterocycles. The molecule has 0 fully saturated rings. The molecule has 0 spiro atoms. The minimum Gasteiger partial charge on any atom is -0.326 e. The van der Waals surface area contributed by atoms with E-state index in [-0.39, 0.29) is 6.54 Å². The molecule has 0 aliphatic rings. The highest BCUT2D eigenvalue weighted by Gasteiger charge is 2.44. The Balaban J connectivity index is 2.82. The lowest BCUT2D eigenvalue weighted by atomic mass is 10.1. The van der Waals surface area contributed by atoms with Crippen LogP contribution in [0.2, 0.25) is 0 Å². The minimum atomic E-state index is -4.41. The highest BCUT2D eigenvalue weighted by Crippen LogP contribution is 2.27. The van der Waals surface area contributed by atoms with Gasteiger partial charge < -0.3 is 5.73 Å². The first-order chi connectivity index (χ1) is 8.21. The lowest BCUT2D eigenvalue weighted by Crippen LogP contribution is -2.53. The molecular weight excluding hydrogens is 248 g/mol. The van der Waals surface area contributed by atoms with Crippen molar-refractivity contribution in [3.05, 3.63) is 35.6 Å². The molecule has 1 aromatic carbocycles. The van der Waals surface area contributed by atoms with Crippen molar-refractivity contribution < 1.29 is 17.6 Å². The van der Waals surface area contributed by atoms with Gasteiger partial charge in [0, 0.05) is 12.6 Å². The highest BCUT2D eigenvalue weighted by atomic mass is 19.4. The van der Waals surface area contributed by atoms with Crippen LogP contribution in [-0.4, -0.2) is 30.2 Å². The molecule has 2 unspecified atom stereocenters. The molecule has 18 heavy (non-hydrogen) atoms. The summed E-state index contributed by atoms with van der Waals surface area (Å²) in [4.78, 5) is 1.08. The van der Waals surface area contributed by atoms with E-state index in [4.69, 9.17) is 5.73 Å². The zero-order chi connectivity index (χ0) is 13.9. The van der Waals surface area contributed by atoms with Gasteiger partial charge in [0.15, 0.2) is 0 Å². The molecule has 0 aliphatic carbocycles. The lowest BCUT2D eigenvalue weighted by molar-refractivity contribution is -0.186. The van der Waals surface area contributed by atoms with Crippen LogP contribution in [0.1, 0.15) is 12.5 Å². The number of hydrogen-bond acceptors (Lipinski definition) is 2. The third-order valence-electron chi connectivity index (χ3n) is 2.63. The molecule has 0 aliphatic heterocycles. The normalized spacial score (nSPS) is 15.8. The van der Waals surface area contributed by atoms with Gasteiger partial charge in [-0.25, -0.2) is 4.39 Å². The van der Waals surface area contributed by atoms with Crippen LogP contribution in [0.25, 0.3) is 0 Å². The van der Waals surface area contributed by atoms with Gasteiger partial charge in [-0.1, -0.05) is 12.1 Å². The Morgan fingerprint density at radius 2 is 1.94 bits per heavy atom. The predicted molar refractivity (Wildman–Crippen MR) is 61.4 cm³/mol. The summed E-state index contributed by atoms with van der Waals surface area (Å²) in [5.41, 5.74) is 5.85. The lowest BCUT2D eigenvalue weighted by Gasteiger charge is -2.32. The van der Waals surface area contributed by atoms with E-state index in [2.05, 4.69) is 0 Å². The van der Waals surface area contributed by atoms with Crippen LogP contribution in [0.3, 0.4) is 0 Å². The molecule has 0 saturated carbocycles. The van der Waals surface area contributed by atoms with Gasteiger partial charge in [-0.15, -0.1) is 0 Å². The van der Waals surface area contributed by atoms with Gasteiger partial charge in [0.2, 0.25) is 0 Å². The van der Waals surface area contributed by atoms with Crippen LogP contribution in [-0.2, 0) is 6.54 Å². The third kappa shape index (κ3) is 3.96. The fraction of sp³-hybridized carbons (Fsp3) is 0.500. The molecule has 0 amide bonds. The van der Waals surface area contributed by atoms with Gasteiger partial charge in [0.1, 0.15) is 11.9 Å². The van der Waals surface area contributed by atoms with Crippen molar-refractivity contribution in [3.8, 4) is 0 Å². The molecular formula is C12H16F4N2. The molecule has 1 rings (SSSR count). The van der Waals surface area contributed by atoms with E-state index in [0.29, 0.717) is 5.56 Å². The van der Waals surface area contributed by atoms with E-state index in [1.165, 1.54) is 32.2 Å². The number of hydrogen-bond donors (Lipinski definition) is 1. The second-order valence-corrected chi connectivity index (χ2v) is 4.39. The smallest absolute Gasteiger partial charge is 0.326 e. The molecule has 6 heteroatoms. The van der Waals surface area contributed by atoms with Gasteiger partial charge >= 0.3 is 6.18 Å². The van der Waals surface area contributed by atoms with Crippen LogP contribution in [0, 0.1) is 5.82 Å². The Bertz CT molecular complexity index is 390. The first-order valence-corrected chi connectivity index (χ1v) is 5.49. The van der Waals surface area contributed by atoms with Crippen LogP contribution in [0.4, 0.5) is 17.6 Å². The summed E-state index contributed by atoms with van der Waals surface area (Å²) in [5, 5.41) is 0. The SMILES string of the molecule is CC(N)C(N(C)Cc1cccc(F)c1)C(F)(F)F. The van der Waals surface area contributed by atoms with E-state index in [0.717, 1.165) is 4.90 Å². The second kappa shape index (κ2) is 5.67. The first-order valence-electron chi connectivity index (χ1n) is 5.49. The van der Waals surface area contributed by atoms with Crippen molar-refractivity contribution in [3.63, 3.8) is 0 Å². The van der Waals surface area contributed by atoms with E-state index >= 15 is 0 Å². The van der Waals surface area contributed by atoms with Crippen LogP contribution < -0.4 is 5.73 Å². The molecule has 2 atom stereocenters. The Hall–Kier alpha value is -1.14. The largest absolute Gasteiger partial charge is 0.405 e. The standard InChI is InChI=1S/C12H16F4N2/c1-8(17)11(12(14,15)16)18(2)7-9-4-3-5-10(13)6-9/h3-6,8,11H,7,17H2,1-2H3. The topological polar surface area (TPSA) is 29.3 Å². The van der Waals surface area contributed by atoms with Crippen molar-refractivity contribution in [2.75, 3.05) is 7.05 Å². The van der Waals surface area contributed by atoms with E-state index in [1.807, 2.05) is 0 Å². The highest BCUT2D eigenvalue weighted by molar-refractivity contribution is 5.16. The van der Waals surface area contributed by atoms with Crippen molar-refractivity contribution in [2.45, 2.75) is 31.7 Å². The average Bonchev–Trinajstić information content (AvgIpc) is 2.13. The number of halogens is 4. The fourth-order valence-electron chi connectivity index (χ4n) is 1.97. The van der Waals surface area contributed by atoms with E-state index in [1.54, 1.807) is 6.07 Å². The molecule has 2 N–H and O–H groups in total. The van der Waals surface area contributed by atoms with Gasteiger partial charge in [0.05, 0.1) is 0 Å². The fourth-order valence-corrected chi connectivity index (χ4v) is 1.97. The number of nitrogens with zero attached hydrogens (tertiary/aromatic N) is 1. The second-order valence-electron chi connectivity index (χ2n) is 4.39. The molecule has 0 bridgehead atoms. The Labute approximate surface area is 103 Å². The molecule has 102 valence electrons. The summed E-state index contributed by atoms with van der Waals surface area (Å²) < 4.78 is 51.4. The zero-order valence-electron chi connectivity index (χ0n) is 10.2. The molecule has 0 radical (unpaired) electrons. The minimum absolute atomic E-state index is 0.0104. The summed E-state index contributed by atoms with van der Waals surface area (Å²) >= 11 is 0. The number of benzene rings is 1. The van der Waals surface area contributed by atoms with Gasteiger partial charge in [-0.05, 0) is 31.7 Å². The Kier molecular flexibility index (Phi) is 4.70. The molecule has 0 saturated heterocycles. The molecule has 0 heterocycles. The van der Waals surface area contributed by atoms with Crippen LogP contribution >= 0.6 is 0 Å². The third-order valence-corrected chi connectivity index (χ3v) is 2.63. The summed E-state index contributed by atoms with van der Waals surface area (Å²) in [6, 6.07) is 2.70. The maximum Gasteiger partial charge on any atom is 0.405 e. The summed E-state index contributed by atoms with van der Waals surface area (Å²) in [6.07, 6.45) is -4.41. The van der Waals surface area contributed by atoms with Gasteiger partial charge in [-0.3, -0.25) is 4.90 Å². The van der Waals surface area contributed by atoms with Crippen LogP contribution in [0.15, 0.2) is 24.3 Å². The number of nitrogens with two attached hydrogens (primary N) is 1. The van der Waals surface area contributed by atoms with E-state index in [9.17, 15) is 17.6 Å². The quantitative estimate of drug-likeness (QED) is 0.847. The number of alkyl halides is 3.